The number of ether oxygens (including phenoxy) is 3. The maximum Gasteiger partial charge on any atom is 0.262 e. The molecule has 1 fully saturated rings. The molecule has 2 aromatic carbocycles. The molecule has 0 spiro atoms. The molecule has 7 heteroatoms. The van der Waals surface area contributed by atoms with Gasteiger partial charge in [0.2, 0.25) is 0 Å². The highest BCUT2D eigenvalue weighted by Crippen LogP contribution is 2.37. The van der Waals surface area contributed by atoms with Crippen molar-refractivity contribution in [2.45, 2.75) is 25.6 Å². The Morgan fingerprint density at radius 3 is 2.83 bits per heavy atom. The highest BCUT2D eigenvalue weighted by atomic mass is 79.9. The van der Waals surface area contributed by atoms with Crippen molar-refractivity contribution in [1.82, 2.24) is 5.32 Å². The van der Waals surface area contributed by atoms with Gasteiger partial charge in [0.05, 0.1) is 17.7 Å². The fourth-order valence-corrected chi connectivity index (χ4v) is 3.69. The fraction of sp³-hybridized carbons (Fsp3) is 0.304. The van der Waals surface area contributed by atoms with Gasteiger partial charge in [0.25, 0.3) is 5.91 Å². The van der Waals surface area contributed by atoms with Crippen molar-refractivity contribution in [3.05, 3.63) is 63.6 Å². The molecule has 1 aliphatic rings. The number of rotatable bonds is 8. The number of methoxy groups -OCH3 is 1. The monoisotopic (exact) mass is 470 g/mol. The minimum absolute atomic E-state index is 0.0138. The van der Waals surface area contributed by atoms with E-state index < -0.39 is 5.91 Å². The molecule has 0 saturated carbocycles. The van der Waals surface area contributed by atoms with Crippen LogP contribution in [0.25, 0.3) is 6.08 Å². The molecule has 3 rings (SSSR count). The average molecular weight is 471 g/mol. The van der Waals surface area contributed by atoms with Crippen molar-refractivity contribution in [3.8, 4) is 17.6 Å². The predicted octanol–water partition coefficient (Wildman–Crippen LogP) is 4.24. The average Bonchev–Trinajstić information content (AvgIpc) is 3.29. The molecule has 0 radical (unpaired) electrons. The second kappa shape index (κ2) is 10.8. The Bertz CT molecular complexity index is 948. The lowest BCUT2D eigenvalue weighted by molar-refractivity contribution is -0.117. The quantitative estimate of drug-likeness (QED) is 0.460. The molecular weight excluding hydrogens is 448 g/mol. The van der Waals surface area contributed by atoms with Crippen molar-refractivity contribution in [2.75, 3.05) is 20.3 Å². The minimum atomic E-state index is -0.424. The zero-order chi connectivity index (χ0) is 21.3. The van der Waals surface area contributed by atoms with Gasteiger partial charge in [0.1, 0.15) is 18.2 Å². The third-order valence-corrected chi connectivity index (χ3v) is 5.26. The van der Waals surface area contributed by atoms with Crippen LogP contribution in [0.4, 0.5) is 0 Å². The first-order valence-corrected chi connectivity index (χ1v) is 10.5. The van der Waals surface area contributed by atoms with E-state index in [4.69, 9.17) is 14.2 Å². The predicted molar refractivity (Wildman–Crippen MR) is 117 cm³/mol. The standard InChI is InChI=1S/C23H23BrN2O4/c1-28-21-12-17(10-18(13-25)23(27)26-14-19-8-5-9-29-19)11-20(24)22(21)30-15-16-6-3-2-4-7-16/h2-4,6-7,10-12,19H,5,8-9,14-15H2,1H3,(H,26,27)/b18-10+/t19-/m1/s1. The summed E-state index contributed by atoms with van der Waals surface area (Å²) in [5.41, 5.74) is 1.69. The summed E-state index contributed by atoms with van der Waals surface area (Å²) in [6.07, 6.45) is 3.46. The van der Waals surface area contributed by atoms with E-state index >= 15 is 0 Å². The highest BCUT2D eigenvalue weighted by Gasteiger charge is 2.18. The molecule has 156 valence electrons. The molecule has 6 nitrogen and oxygen atoms in total. The largest absolute Gasteiger partial charge is 0.493 e. The first kappa shape index (κ1) is 21.9. The van der Waals surface area contributed by atoms with Crippen molar-refractivity contribution in [3.63, 3.8) is 0 Å². The fourth-order valence-electron chi connectivity index (χ4n) is 3.12. The topological polar surface area (TPSA) is 80.6 Å². The van der Waals surface area contributed by atoms with E-state index in [0.717, 1.165) is 18.4 Å². The lowest BCUT2D eigenvalue weighted by Gasteiger charge is -2.14. The molecule has 1 saturated heterocycles. The van der Waals surface area contributed by atoms with Crippen LogP contribution in [0.3, 0.4) is 0 Å². The molecule has 2 aromatic rings. The highest BCUT2D eigenvalue weighted by molar-refractivity contribution is 9.10. The molecular formula is C23H23BrN2O4. The summed E-state index contributed by atoms with van der Waals surface area (Å²) in [5, 5.41) is 12.2. The summed E-state index contributed by atoms with van der Waals surface area (Å²) in [4.78, 5) is 12.4. The summed E-state index contributed by atoms with van der Waals surface area (Å²) >= 11 is 3.50. The van der Waals surface area contributed by atoms with Crippen LogP contribution in [0.5, 0.6) is 11.5 Å². The second-order valence-corrected chi connectivity index (χ2v) is 7.68. The van der Waals surface area contributed by atoms with Crippen LogP contribution >= 0.6 is 15.9 Å². The Balaban J connectivity index is 1.73. The number of benzene rings is 2. The van der Waals surface area contributed by atoms with Crippen molar-refractivity contribution >= 4 is 27.9 Å². The van der Waals surface area contributed by atoms with Gasteiger partial charge in [-0.15, -0.1) is 0 Å². The number of carbonyl (C=O) groups excluding carboxylic acids is 1. The van der Waals surface area contributed by atoms with Gasteiger partial charge in [-0.1, -0.05) is 30.3 Å². The van der Waals surface area contributed by atoms with Gasteiger partial charge >= 0.3 is 0 Å². The van der Waals surface area contributed by atoms with E-state index in [0.29, 0.717) is 41.3 Å². The number of nitrogens with one attached hydrogen (secondary N) is 1. The number of carbonyl (C=O) groups is 1. The summed E-state index contributed by atoms with van der Waals surface area (Å²) in [6, 6.07) is 15.3. The number of hydrogen-bond acceptors (Lipinski definition) is 5. The van der Waals surface area contributed by atoms with Gasteiger partial charge in [-0.3, -0.25) is 4.79 Å². The molecule has 1 atom stereocenters. The van der Waals surface area contributed by atoms with Gasteiger partial charge in [0.15, 0.2) is 11.5 Å². The normalized spacial score (nSPS) is 16.0. The van der Waals surface area contributed by atoms with Crippen LogP contribution in [0.1, 0.15) is 24.0 Å². The zero-order valence-electron chi connectivity index (χ0n) is 16.7. The van der Waals surface area contributed by atoms with Crippen LogP contribution in [-0.2, 0) is 16.1 Å². The van der Waals surface area contributed by atoms with E-state index in [-0.39, 0.29) is 11.7 Å². The zero-order valence-corrected chi connectivity index (χ0v) is 18.3. The number of halogens is 1. The summed E-state index contributed by atoms with van der Waals surface area (Å²) in [6.45, 7) is 1.51. The molecule has 30 heavy (non-hydrogen) atoms. The van der Waals surface area contributed by atoms with Gasteiger partial charge in [-0.25, -0.2) is 0 Å². The van der Waals surface area contributed by atoms with Gasteiger partial charge in [0, 0.05) is 13.2 Å². The van der Waals surface area contributed by atoms with Crippen LogP contribution in [0.15, 0.2) is 52.5 Å². The Kier molecular flexibility index (Phi) is 7.89. The molecule has 0 unspecified atom stereocenters. The molecule has 0 bridgehead atoms. The van der Waals surface area contributed by atoms with Crippen molar-refractivity contribution in [2.24, 2.45) is 0 Å². The van der Waals surface area contributed by atoms with E-state index in [1.54, 1.807) is 19.2 Å². The van der Waals surface area contributed by atoms with Crippen LogP contribution < -0.4 is 14.8 Å². The van der Waals surface area contributed by atoms with Gasteiger partial charge < -0.3 is 19.5 Å². The number of hydrogen-bond donors (Lipinski definition) is 1. The molecule has 1 N–H and O–H groups in total. The Labute approximate surface area is 184 Å². The maximum absolute atomic E-state index is 12.4. The van der Waals surface area contributed by atoms with Crippen molar-refractivity contribution in [1.29, 1.82) is 5.26 Å². The smallest absolute Gasteiger partial charge is 0.262 e. The van der Waals surface area contributed by atoms with E-state index in [2.05, 4.69) is 21.2 Å². The van der Waals surface area contributed by atoms with E-state index in [9.17, 15) is 10.1 Å². The SMILES string of the molecule is COc1cc(/C=C(\C#N)C(=O)NC[C@H]2CCCO2)cc(Br)c1OCc1ccccc1. The molecule has 0 aromatic heterocycles. The van der Waals surface area contributed by atoms with Crippen molar-refractivity contribution < 1.29 is 19.0 Å². The molecule has 1 heterocycles. The van der Waals surface area contributed by atoms with Crippen LogP contribution in [-0.4, -0.2) is 32.3 Å². The summed E-state index contributed by atoms with van der Waals surface area (Å²) < 4.78 is 17.5. The van der Waals surface area contributed by atoms with Gasteiger partial charge in [-0.05, 0) is 58.1 Å². The lowest BCUT2D eigenvalue weighted by Crippen LogP contribution is -2.32. The lowest BCUT2D eigenvalue weighted by atomic mass is 10.1. The van der Waals surface area contributed by atoms with E-state index in [1.807, 2.05) is 36.4 Å². The molecule has 0 aliphatic carbocycles. The number of nitriles is 1. The first-order valence-electron chi connectivity index (χ1n) is 9.66. The maximum atomic E-state index is 12.4. The number of nitrogens with zero attached hydrogens (tertiary/aromatic N) is 1. The van der Waals surface area contributed by atoms with Crippen LogP contribution in [0.2, 0.25) is 0 Å². The Morgan fingerprint density at radius 1 is 1.37 bits per heavy atom. The molecule has 1 amide bonds. The van der Waals surface area contributed by atoms with E-state index in [1.165, 1.54) is 6.08 Å². The molecule has 1 aliphatic heterocycles. The summed E-state index contributed by atoms with van der Waals surface area (Å²) in [5.74, 6) is 0.635. The Morgan fingerprint density at radius 2 is 2.17 bits per heavy atom. The first-order chi connectivity index (χ1) is 14.6. The summed E-state index contributed by atoms with van der Waals surface area (Å²) in [7, 11) is 1.55. The second-order valence-electron chi connectivity index (χ2n) is 6.82. The Hall–Kier alpha value is -2.82. The van der Waals surface area contributed by atoms with Gasteiger partial charge in [-0.2, -0.15) is 5.26 Å². The third kappa shape index (κ3) is 5.85. The van der Waals surface area contributed by atoms with Crippen LogP contribution in [0, 0.1) is 11.3 Å². The number of amides is 1. The third-order valence-electron chi connectivity index (χ3n) is 4.67. The minimum Gasteiger partial charge on any atom is -0.493 e.